The molecule has 1 fully saturated rings. The average Bonchev–Trinajstić information content (AvgIpc) is 2.31. The van der Waals surface area contributed by atoms with Crippen LogP contribution in [-0.4, -0.2) is 17.0 Å². The van der Waals surface area contributed by atoms with Crippen molar-refractivity contribution in [1.29, 1.82) is 0 Å². The number of hydrogen-bond acceptors (Lipinski definition) is 2. The van der Waals surface area contributed by atoms with Gasteiger partial charge in [-0.1, -0.05) is 42.4 Å². The number of hydrogen-bond donors (Lipinski definition) is 1. The number of aliphatic imine (C=N–C) groups is 1. The van der Waals surface area contributed by atoms with Crippen molar-refractivity contribution < 1.29 is 0 Å². The molecule has 1 aromatic rings. The van der Waals surface area contributed by atoms with Crippen LogP contribution in [0.15, 0.2) is 29.3 Å². The molecule has 1 aromatic carbocycles. The second kappa shape index (κ2) is 5.78. The summed E-state index contributed by atoms with van der Waals surface area (Å²) in [6, 6.07) is 8.37. The molecule has 1 heterocycles. The number of thioether (sulfide) groups is 1. The van der Waals surface area contributed by atoms with Crippen molar-refractivity contribution in [2.24, 2.45) is 10.9 Å². The van der Waals surface area contributed by atoms with Gasteiger partial charge in [0, 0.05) is 16.8 Å². The summed E-state index contributed by atoms with van der Waals surface area (Å²) < 4.78 is 0. The summed E-state index contributed by atoms with van der Waals surface area (Å²) >= 11 is 7.74. The van der Waals surface area contributed by atoms with Crippen LogP contribution in [-0.2, 0) is 6.54 Å². The van der Waals surface area contributed by atoms with E-state index in [1.807, 2.05) is 18.2 Å². The highest BCUT2D eigenvalue weighted by Crippen LogP contribution is 2.20. The fraction of sp³-hybridized carbons (Fsp3) is 0.462. The molecule has 0 saturated carbocycles. The maximum Gasteiger partial charge on any atom is 0.157 e. The third-order valence-corrected chi connectivity index (χ3v) is 4.43. The van der Waals surface area contributed by atoms with Crippen LogP contribution < -0.4 is 5.32 Å². The minimum Gasteiger partial charge on any atom is -0.362 e. The monoisotopic (exact) mass is 268 g/mol. The van der Waals surface area contributed by atoms with Crippen molar-refractivity contribution in [2.75, 3.05) is 5.75 Å². The molecule has 4 heteroatoms. The highest BCUT2D eigenvalue weighted by atomic mass is 35.5. The zero-order chi connectivity index (χ0) is 12.3. The first-order chi connectivity index (χ1) is 8.15. The maximum absolute atomic E-state index is 5.94. The van der Waals surface area contributed by atoms with Crippen LogP contribution in [0.5, 0.6) is 0 Å². The third kappa shape index (κ3) is 3.65. The Labute approximate surface area is 112 Å². The lowest BCUT2D eigenvalue weighted by Crippen LogP contribution is -2.41. The van der Waals surface area contributed by atoms with E-state index in [1.54, 1.807) is 11.8 Å². The van der Waals surface area contributed by atoms with E-state index in [2.05, 4.69) is 30.2 Å². The molecule has 0 aromatic heterocycles. The second-order valence-corrected chi connectivity index (χ2v) is 5.92. The topological polar surface area (TPSA) is 24.4 Å². The van der Waals surface area contributed by atoms with Crippen molar-refractivity contribution in [2.45, 2.75) is 26.4 Å². The van der Waals surface area contributed by atoms with Gasteiger partial charge in [0.1, 0.15) is 0 Å². The smallest absolute Gasteiger partial charge is 0.157 e. The van der Waals surface area contributed by atoms with Gasteiger partial charge in [-0.25, -0.2) is 0 Å². The van der Waals surface area contributed by atoms with Crippen molar-refractivity contribution in [1.82, 2.24) is 5.32 Å². The van der Waals surface area contributed by atoms with E-state index < -0.39 is 0 Å². The maximum atomic E-state index is 5.94. The van der Waals surface area contributed by atoms with E-state index in [-0.39, 0.29) is 0 Å². The Balaban J connectivity index is 1.97. The molecule has 1 saturated heterocycles. The Hall–Kier alpha value is -0.670. The van der Waals surface area contributed by atoms with Crippen molar-refractivity contribution in [3.05, 3.63) is 34.9 Å². The molecule has 17 heavy (non-hydrogen) atoms. The number of rotatable bonds is 2. The van der Waals surface area contributed by atoms with E-state index in [1.165, 1.54) is 0 Å². The van der Waals surface area contributed by atoms with Gasteiger partial charge in [-0.3, -0.25) is 4.99 Å². The average molecular weight is 269 g/mol. The normalized spacial score (nSPS) is 26.9. The summed E-state index contributed by atoms with van der Waals surface area (Å²) in [6.07, 6.45) is 0. The Morgan fingerprint density at radius 1 is 1.47 bits per heavy atom. The Morgan fingerprint density at radius 2 is 2.29 bits per heavy atom. The van der Waals surface area contributed by atoms with E-state index >= 15 is 0 Å². The highest BCUT2D eigenvalue weighted by Gasteiger charge is 2.20. The summed E-state index contributed by atoms with van der Waals surface area (Å²) in [5.41, 5.74) is 1.15. The first-order valence-corrected chi connectivity index (χ1v) is 7.20. The van der Waals surface area contributed by atoms with Gasteiger partial charge in [0.2, 0.25) is 0 Å². The second-order valence-electron chi connectivity index (χ2n) is 4.47. The SMILES string of the molecule is CC1CSC(=NCc2cccc(Cl)c2)NC1C. The summed E-state index contributed by atoms with van der Waals surface area (Å²) in [5, 5.41) is 5.25. The molecule has 1 aliphatic heterocycles. The van der Waals surface area contributed by atoms with E-state index in [0.717, 1.165) is 21.5 Å². The van der Waals surface area contributed by atoms with Gasteiger partial charge < -0.3 is 5.32 Å². The van der Waals surface area contributed by atoms with Gasteiger partial charge in [-0.2, -0.15) is 0 Å². The predicted molar refractivity (Wildman–Crippen MR) is 76.8 cm³/mol. The minimum absolute atomic E-state index is 0.509. The molecule has 0 radical (unpaired) electrons. The summed E-state index contributed by atoms with van der Waals surface area (Å²) in [6.45, 7) is 5.16. The third-order valence-electron chi connectivity index (χ3n) is 2.98. The molecular weight excluding hydrogens is 252 g/mol. The molecule has 0 spiro atoms. The van der Waals surface area contributed by atoms with Crippen LogP contribution in [0.1, 0.15) is 19.4 Å². The lowest BCUT2D eigenvalue weighted by atomic mass is 10.1. The van der Waals surface area contributed by atoms with Gasteiger partial charge in [-0.05, 0) is 30.5 Å². The largest absolute Gasteiger partial charge is 0.362 e. The van der Waals surface area contributed by atoms with Crippen molar-refractivity contribution >= 4 is 28.5 Å². The van der Waals surface area contributed by atoms with Crippen LogP contribution in [0.2, 0.25) is 5.02 Å². The first kappa shape index (κ1) is 12.8. The van der Waals surface area contributed by atoms with E-state index in [9.17, 15) is 0 Å². The Kier molecular flexibility index (Phi) is 4.35. The van der Waals surface area contributed by atoms with Gasteiger partial charge in [0.25, 0.3) is 0 Å². The molecule has 2 nitrogen and oxygen atoms in total. The minimum atomic E-state index is 0.509. The lowest BCUT2D eigenvalue weighted by Gasteiger charge is -2.28. The van der Waals surface area contributed by atoms with Crippen LogP contribution >= 0.6 is 23.4 Å². The van der Waals surface area contributed by atoms with Crippen molar-refractivity contribution in [3.8, 4) is 0 Å². The fourth-order valence-electron chi connectivity index (χ4n) is 1.62. The molecule has 2 unspecified atom stereocenters. The molecule has 92 valence electrons. The van der Waals surface area contributed by atoms with Gasteiger partial charge >= 0.3 is 0 Å². The summed E-state index contributed by atoms with van der Waals surface area (Å²) in [7, 11) is 0. The van der Waals surface area contributed by atoms with Crippen LogP contribution in [0.4, 0.5) is 0 Å². The summed E-state index contributed by atoms with van der Waals surface area (Å²) in [5.74, 6) is 1.84. The van der Waals surface area contributed by atoms with Gasteiger partial charge in [-0.15, -0.1) is 0 Å². The zero-order valence-electron chi connectivity index (χ0n) is 10.1. The number of halogens is 1. The van der Waals surface area contributed by atoms with E-state index in [0.29, 0.717) is 18.5 Å². The lowest BCUT2D eigenvalue weighted by molar-refractivity contribution is 0.490. The molecule has 0 bridgehead atoms. The predicted octanol–water partition coefficient (Wildman–Crippen LogP) is 3.56. The number of nitrogens with one attached hydrogen (secondary N) is 1. The standard InChI is InChI=1S/C13H17ClN2S/c1-9-8-17-13(16-10(9)2)15-7-11-4-3-5-12(14)6-11/h3-6,9-10H,7-8H2,1-2H3,(H,15,16). The molecule has 1 aliphatic rings. The molecule has 1 N–H and O–H groups in total. The van der Waals surface area contributed by atoms with E-state index in [4.69, 9.17) is 11.6 Å². The molecule has 0 amide bonds. The number of benzene rings is 1. The zero-order valence-corrected chi connectivity index (χ0v) is 11.7. The first-order valence-electron chi connectivity index (χ1n) is 5.83. The quantitative estimate of drug-likeness (QED) is 0.887. The Morgan fingerprint density at radius 3 is 3.00 bits per heavy atom. The van der Waals surface area contributed by atoms with Crippen LogP contribution in [0.3, 0.4) is 0 Å². The Bertz CT molecular complexity index is 420. The van der Waals surface area contributed by atoms with Gasteiger partial charge in [0.05, 0.1) is 6.54 Å². The van der Waals surface area contributed by atoms with Crippen molar-refractivity contribution in [3.63, 3.8) is 0 Å². The number of nitrogens with zero attached hydrogens (tertiary/aromatic N) is 1. The fourth-order valence-corrected chi connectivity index (χ4v) is 2.97. The molecule has 2 atom stereocenters. The summed E-state index contributed by atoms with van der Waals surface area (Å²) in [4.78, 5) is 4.59. The molecular formula is C13H17ClN2S. The van der Waals surface area contributed by atoms with Gasteiger partial charge in [0.15, 0.2) is 5.17 Å². The molecule has 0 aliphatic carbocycles. The van der Waals surface area contributed by atoms with Crippen LogP contribution in [0, 0.1) is 5.92 Å². The highest BCUT2D eigenvalue weighted by molar-refractivity contribution is 8.13. The molecule has 2 rings (SSSR count). The number of amidine groups is 1. The van der Waals surface area contributed by atoms with Crippen LogP contribution in [0.25, 0.3) is 0 Å².